The highest BCUT2D eigenvalue weighted by Gasteiger charge is 2.32. The second-order valence-corrected chi connectivity index (χ2v) is 7.83. The molecule has 0 saturated carbocycles. The van der Waals surface area contributed by atoms with Gasteiger partial charge in [0.25, 0.3) is 0 Å². The van der Waals surface area contributed by atoms with Gasteiger partial charge in [0.1, 0.15) is 24.0 Å². The number of ether oxygens (including phenoxy) is 1. The summed E-state index contributed by atoms with van der Waals surface area (Å²) >= 11 is 0. The van der Waals surface area contributed by atoms with Gasteiger partial charge in [-0.1, -0.05) is 24.3 Å². The molecule has 0 N–H and O–H groups in total. The van der Waals surface area contributed by atoms with Crippen LogP contribution in [0.15, 0.2) is 53.4 Å². The minimum absolute atomic E-state index is 0.182. The lowest BCUT2D eigenvalue weighted by Gasteiger charge is -2.33. The molecule has 0 aromatic heterocycles. The summed E-state index contributed by atoms with van der Waals surface area (Å²) in [6.07, 6.45) is 0. The molecule has 26 heavy (non-hydrogen) atoms. The summed E-state index contributed by atoms with van der Waals surface area (Å²) < 4.78 is 59.5. The third-order valence-electron chi connectivity index (χ3n) is 4.27. The minimum Gasteiger partial charge on any atom is -0.492 e. The Hall–Kier alpha value is -2.03. The second kappa shape index (κ2) is 8.11. The summed E-state index contributed by atoms with van der Waals surface area (Å²) in [5, 5.41) is 0. The second-order valence-electron chi connectivity index (χ2n) is 5.96. The minimum atomic E-state index is -4.18. The Labute approximate surface area is 151 Å². The molecule has 0 spiro atoms. The fraction of sp³-hybridized carbons (Fsp3) is 0.333. The van der Waals surface area contributed by atoms with Crippen molar-refractivity contribution in [1.82, 2.24) is 9.21 Å². The number of piperazine rings is 1. The van der Waals surface area contributed by atoms with Gasteiger partial charge in [-0.3, -0.25) is 4.90 Å². The van der Waals surface area contributed by atoms with Gasteiger partial charge in [-0.05, 0) is 24.3 Å². The first-order chi connectivity index (χ1) is 12.5. The number of para-hydroxylation sites is 1. The Morgan fingerprint density at radius 1 is 0.885 bits per heavy atom. The van der Waals surface area contributed by atoms with Crippen LogP contribution in [0.1, 0.15) is 0 Å². The molecule has 0 bridgehead atoms. The van der Waals surface area contributed by atoms with Crippen LogP contribution in [-0.4, -0.2) is 57.0 Å². The van der Waals surface area contributed by atoms with E-state index in [1.165, 1.54) is 0 Å². The third kappa shape index (κ3) is 4.20. The molecule has 1 aliphatic rings. The molecule has 8 heteroatoms. The van der Waals surface area contributed by atoms with E-state index in [9.17, 15) is 17.2 Å². The Balaban J connectivity index is 1.55. The summed E-state index contributed by atoms with van der Waals surface area (Å²) in [6, 6.07) is 12.5. The SMILES string of the molecule is O=S(=O)(c1c(F)cccc1F)N1CCN(CCOc2ccccc2)CC1. The van der Waals surface area contributed by atoms with Crippen LogP contribution in [0.4, 0.5) is 8.78 Å². The van der Waals surface area contributed by atoms with Crippen molar-refractivity contribution in [2.24, 2.45) is 0 Å². The first kappa shape index (κ1) is 18.8. The Kier molecular flexibility index (Phi) is 5.85. The monoisotopic (exact) mass is 382 g/mol. The zero-order chi connectivity index (χ0) is 18.6. The van der Waals surface area contributed by atoms with Crippen molar-refractivity contribution in [2.75, 3.05) is 39.3 Å². The highest BCUT2D eigenvalue weighted by Crippen LogP contribution is 2.23. The van der Waals surface area contributed by atoms with E-state index in [0.29, 0.717) is 26.2 Å². The van der Waals surface area contributed by atoms with Gasteiger partial charge in [0.15, 0.2) is 4.90 Å². The molecule has 0 aliphatic carbocycles. The first-order valence-electron chi connectivity index (χ1n) is 8.33. The number of halogens is 2. The van der Waals surface area contributed by atoms with Crippen LogP contribution in [0.3, 0.4) is 0 Å². The summed E-state index contributed by atoms with van der Waals surface area (Å²) in [5.74, 6) is -1.35. The number of sulfonamides is 1. The van der Waals surface area contributed by atoms with Crippen LogP contribution in [0.5, 0.6) is 5.75 Å². The van der Waals surface area contributed by atoms with Crippen LogP contribution in [0.2, 0.25) is 0 Å². The summed E-state index contributed by atoms with van der Waals surface area (Å²) in [7, 11) is -4.18. The molecular weight excluding hydrogens is 362 g/mol. The zero-order valence-corrected chi connectivity index (χ0v) is 15.0. The van der Waals surface area contributed by atoms with Crippen molar-refractivity contribution in [3.8, 4) is 5.75 Å². The molecule has 140 valence electrons. The summed E-state index contributed by atoms with van der Waals surface area (Å²) in [6.45, 7) is 2.46. The predicted octanol–water partition coefficient (Wildman–Crippen LogP) is 2.35. The molecule has 3 rings (SSSR count). The average Bonchev–Trinajstić information content (AvgIpc) is 2.63. The van der Waals surface area contributed by atoms with Crippen LogP contribution in [-0.2, 0) is 10.0 Å². The molecule has 2 aromatic carbocycles. The van der Waals surface area contributed by atoms with E-state index >= 15 is 0 Å². The highest BCUT2D eigenvalue weighted by atomic mass is 32.2. The fourth-order valence-corrected chi connectivity index (χ4v) is 4.39. The quantitative estimate of drug-likeness (QED) is 0.770. The molecule has 1 saturated heterocycles. The van der Waals surface area contributed by atoms with Crippen LogP contribution >= 0.6 is 0 Å². The van der Waals surface area contributed by atoms with Gasteiger partial charge in [0.05, 0.1) is 0 Å². The molecule has 1 aliphatic heterocycles. The van der Waals surface area contributed by atoms with Crippen LogP contribution in [0, 0.1) is 11.6 Å². The topological polar surface area (TPSA) is 49.9 Å². The van der Waals surface area contributed by atoms with Crippen molar-refractivity contribution < 1.29 is 21.9 Å². The van der Waals surface area contributed by atoms with Gasteiger partial charge in [-0.25, -0.2) is 17.2 Å². The third-order valence-corrected chi connectivity index (χ3v) is 6.22. The number of benzene rings is 2. The molecule has 0 radical (unpaired) electrons. The van der Waals surface area contributed by atoms with E-state index in [2.05, 4.69) is 4.90 Å². The molecule has 0 unspecified atom stereocenters. The molecule has 2 aromatic rings. The maximum Gasteiger partial charge on any atom is 0.249 e. The number of nitrogens with zero attached hydrogens (tertiary/aromatic N) is 2. The van der Waals surface area contributed by atoms with E-state index < -0.39 is 26.6 Å². The lowest BCUT2D eigenvalue weighted by atomic mass is 10.3. The van der Waals surface area contributed by atoms with Gasteiger partial charge < -0.3 is 4.74 Å². The predicted molar refractivity (Wildman–Crippen MR) is 93.5 cm³/mol. The molecular formula is C18H20F2N2O3S. The molecule has 0 amide bonds. The maximum absolute atomic E-state index is 13.8. The molecule has 5 nitrogen and oxygen atoms in total. The van der Waals surface area contributed by atoms with Crippen molar-refractivity contribution >= 4 is 10.0 Å². The van der Waals surface area contributed by atoms with E-state index in [1.54, 1.807) is 0 Å². The lowest BCUT2D eigenvalue weighted by Crippen LogP contribution is -2.49. The van der Waals surface area contributed by atoms with E-state index in [4.69, 9.17) is 4.74 Å². The van der Waals surface area contributed by atoms with Gasteiger partial charge in [0.2, 0.25) is 10.0 Å². The summed E-state index contributed by atoms with van der Waals surface area (Å²) in [5.41, 5.74) is 0. The van der Waals surface area contributed by atoms with E-state index in [1.807, 2.05) is 30.3 Å². The largest absolute Gasteiger partial charge is 0.492 e. The van der Waals surface area contributed by atoms with Crippen molar-refractivity contribution in [1.29, 1.82) is 0 Å². The van der Waals surface area contributed by atoms with Crippen molar-refractivity contribution in [2.45, 2.75) is 4.90 Å². The number of hydrogen-bond donors (Lipinski definition) is 0. The smallest absolute Gasteiger partial charge is 0.249 e. The first-order valence-corrected chi connectivity index (χ1v) is 9.77. The molecule has 1 fully saturated rings. The highest BCUT2D eigenvalue weighted by molar-refractivity contribution is 7.89. The normalized spacial score (nSPS) is 16.5. The Morgan fingerprint density at radius 2 is 1.50 bits per heavy atom. The Morgan fingerprint density at radius 3 is 2.12 bits per heavy atom. The maximum atomic E-state index is 13.8. The molecule has 1 heterocycles. The zero-order valence-electron chi connectivity index (χ0n) is 14.1. The van der Waals surface area contributed by atoms with Crippen molar-refractivity contribution in [3.05, 3.63) is 60.2 Å². The Bertz CT molecular complexity index is 819. The van der Waals surface area contributed by atoms with Gasteiger partial charge in [-0.2, -0.15) is 4.31 Å². The molecule has 0 atom stereocenters. The summed E-state index contributed by atoms with van der Waals surface area (Å²) in [4.78, 5) is 1.19. The number of rotatable bonds is 6. The average molecular weight is 382 g/mol. The van der Waals surface area contributed by atoms with E-state index in [-0.39, 0.29) is 13.1 Å². The fourth-order valence-electron chi connectivity index (χ4n) is 2.86. The standard InChI is InChI=1S/C18H20F2N2O3S/c19-16-7-4-8-17(20)18(16)26(23,24)22-11-9-21(10-12-22)13-14-25-15-5-2-1-3-6-15/h1-8H,9-14H2. The van der Waals surface area contributed by atoms with Gasteiger partial charge in [0, 0.05) is 32.7 Å². The van der Waals surface area contributed by atoms with Crippen LogP contribution in [0.25, 0.3) is 0 Å². The van der Waals surface area contributed by atoms with Gasteiger partial charge in [-0.15, -0.1) is 0 Å². The van der Waals surface area contributed by atoms with E-state index in [0.717, 1.165) is 28.3 Å². The van der Waals surface area contributed by atoms with Crippen LogP contribution < -0.4 is 4.74 Å². The lowest BCUT2D eigenvalue weighted by molar-refractivity contribution is 0.158. The van der Waals surface area contributed by atoms with Gasteiger partial charge >= 0.3 is 0 Å². The van der Waals surface area contributed by atoms with Crippen molar-refractivity contribution in [3.63, 3.8) is 0 Å². The number of hydrogen-bond acceptors (Lipinski definition) is 4.